The van der Waals surface area contributed by atoms with Crippen molar-refractivity contribution in [2.45, 2.75) is 25.3 Å². The lowest BCUT2D eigenvalue weighted by Crippen LogP contribution is -2.52. The van der Waals surface area contributed by atoms with Crippen molar-refractivity contribution < 1.29 is 19.1 Å². The van der Waals surface area contributed by atoms with Crippen molar-refractivity contribution in [2.24, 2.45) is 0 Å². The third-order valence-corrected chi connectivity index (χ3v) is 5.50. The number of rotatable bonds is 8. The van der Waals surface area contributed by atoms with E-state index in [2.05, 4.69) is 15.6 Å². The van der Waals surface area contributed by atoms with Crippen molar-refractivity contribution in [3.05, 3.63) is 35.3 Å². The molecule has 0 spiro atoms. The van der Waals surface area contributed by atoms with Crippen LogP contribution in [0.5, 0.6) is 5.75 Å². The average molecular weight is 419 g/mol. The van der Waals surface area contributed by atoms with Gasteiger partial charge in [-0.25, -0.2) is 4.98 Å². The quantitative estimate of drug-likeness (QED) is 0.641. The van der Waals surface area contributed by atoms with Crippen molar-refractivity contribution in [2.75, 3.05) is 39.2 Å². The number of nitrogens with zero attached hydrogens (tertiary/aromatic N) is 2. The van der Waals surface area contributed by atoms with Gasteiger partial charge in [-0.1, -0.05) is 12.1 Å². The SMILES string of the molecule is COCCNC(=O)C1CCCCN1C(=O)c1csc(Nc2ccccc2OC)n1. The molecule has 0 saturated carbocycles. The summed E-state index contributed by atoms with van der Waals surface area (Å²) in [4.78, 5) is 31.6. The van der Waals surface area contributed by atoms with E-state index in [0.717, 1.165) is 18.5 Å². The molecule has 8 nitrogen and oxygen atoms in total. The fraction of sp³-hybridized carbons (Fsp3) is 0.450. The molecule has 2 heterocycles. The van der Waals surface area contributed by atoms with Crippen LogP contribution in [0, 0.1) is 0 Å². The van der Waals surface area contributed by atoms with Gasteiger partial charge in [-0.15, -0.1) is 11.3 Å². The summed E-state index contributed by atoms with van der Waals surface area (Å²) in [6.07, 6.45) is 2.45. The molecule has 1 aliphatic rings. The van der Waals surface area contributed by atoms with Crippen LogP contribution < -0.4 is 15.4 Å². The van der Waals surface area contributed by atoms with Gasteiger partial charge in [0.25, 0.3) is 5.91 Å². The second-order valence-electron chi connectivity index (χ2n) is 6.66. The molecule has 1 aromatic carbocycles. The number of aromatic nitrogens is 1. The predicted molar refractivity (Wildman–Crippen MR) is 112 cm³/mol. The Hall–Kier alpha value is -2.65. The van der Waals surface area contributed by atoms with E-state index in [9.17, 15) is 9.59 Å². The third kappa shape index (κ3) is 5.24. The summed E-state index contributed by atoms with van der Waals surface area (Å²) in [5, 5.41) is 8.34. The van der Waals surface area contributed by atoms with Gasteiger partial charge in [-0.3, -0.25) is 9.59 Å². The second kappa shape index (κ2) is 10.2. The molecule has 0 aliphatic carbocycles. The van der Waals surface area contributed by atoms with Crippen LogP contribution in [0.1, 0.15) is 29.8 Å². The van der Waals surface area contributed by atoms with E-state index >= 15 is 0 Å². The molecule has 1 aromatic heterocycles. The zero-order chi connectivity index (χ0) is 20.6. The maximum absolute atomic E-state index is 13.0. The fourth-order valence-corrected chi connectivity index (χ4v) is 3.98. The first kappa shape index (κ1) is 21.1. The summed E-state index contributed by atoms with van der Waals surface area (Å²) >= 11 is 1.34. The maximum Gasteiger partial charge on any atom is 0.274 e. The highest BCUT2D eigenvalue weighted by molar-refractivity contribution is 7.14. The standard InChI is InChI=1S/C20H26N4O4S/c1-27-12-10-21-18(25)16-8-5-6-11-24(16)19(26)15-13-29-20(23-15)22-14-7-3-4-9-17(14)28-2/h3-4,7,9,13,16H,5-6,8,10-12H2,1-2H3,(H,21,25)(H,22,23). The number of likely N-dealkylation sites (tertiary alicyclic amines) is 1. The van der Waals surface area contributed by atoms with Crippen molar-refractivity contribution in [3.63, 3.8) is 0 Å². The molecule has 29 heavy (non-hydrogen) atoms. The van der Waals surface area contributed by atoms with E-state index < -0.39 is 6.04 Å². The van der Waals surface area contributed by atoms with Crippen LogP contribution in [-0.2, 0) is 9.53 Å². The molecule has 1 atom stereocenters. The summed E-state index contributed by atoms with van der Waals surface area (Å²) in [5.74, 6) is 0.331. The molecule has 2 aromatic rings. The lowest BCUT2D eigenvalue weighted by atomic mass is 10.0. The molecule has 156 valence electrons. The molecule has 1 saturated heterocycles. The number of carbonyl (C=O) groups is 2. The monoisotopic (exact) mass is 418 g/mol. The molecule has 0 radical (unpaired) electrons. The first-order valence-corrected chi connectivity index (χ1v) is 10.4. The van der Waals surface area contributed by atoms with Crippen LogP contribution in [0.25, 0.3) is 0 Å². The largest absolute Gasteiger partial charge is 0.495 e. The number of thiazole rings is 1. The number of para-hydroxylation sites is 2. The predicted octanol–water partition coefficient (Wildman–Crippen LogP) is 2.65. The lowest BCUT2D eigenvalue weighted by Gasteiger charge is -2.34. The smallest absolute Gasteiger partial charge is 0.274 e. The van der Waals surface area contributed by atoms with Crippen LogP contribution in [0.2, 0.25) is 0 Å². The van der Waals surface area contributed by atoms with Crippen molar-refractivity contribution in [3.8, 4) is 5.75 Å². The summed E-state index contributed by atoms with van der Waals surface area (Å²) in [6.45, 7) is 1.42. The van der Waals surface area contributed by atoms with Crippen molar-refractivity contribution in [1.29, 1.82) is 0 Å². The molecular formula is C20H26N4O4S. The summed E-state index contributed by atoms with van der Waals surface area (Å²) in [5.41, 5.74) is 1.11. The first-order chi connectivity index (χ1) is 14.1. The van der Waals surface area contributed by atoms with Crippen LogP contribution in [0.4, 0.5) is 10.8 Å². The minimum atomic E-state index is -0.472. The molecule has 2 amide bonds. The van der Waals surface area contributed by atoms with Crippen molar-refractivity contribution in [1.82, 2.24) is 15.2 Å². The number of benzene rings is 1. The molecule has 0 bridgehead atoms. The number of hydrogen-bond acceptors (Lipinski definition) is 7. The maximum atomic E-state index is 13.0. The van der Waals surface area contributed by atoms with Gasteiger partial charge < -0.3 is 25.0 Å². The minimum absolute atomic E-state index is 0.141. The van der Waals surface area contributed by atoms with Gasteiger partial charge in [0.1, 0.15) is 17.5 Å². The van der Waals surface area contributed by atoms with Crippen LogP contribution >= 0.6 is 11.3 Å². The number of carbonyl (C=O) groups excluding carboxylic acids is 2. The summed E-state index contributed by atoms with van der Waals surface area (Å²) < 4.78 is 10.3. The first-order valence-electron chi connectivity index (χ1n) is 9.57. The van der Waals surface area contributed by atoms with Crippen LogP contribution in [0.3, 0.4) is 0 Å². The number of amides is 2. The Bertz CT molecular complexity index is 841. The van der Waals surface area contributed by atoms with E-state index in [4.69, 9.17) is 9.47 Å². The van der Waals surface area contributed by atoms with Crippen LogP contribution in [-0.4, -0.2) is 61.7 Å². The van der Waals surface area contributed by atoms with E-state index in [1.807, 2.05) is 24.3 Å². The van der Waals surface area contributed by atoms with Gasteiger partial charge in [0.15, 0.2) is 5.13 Å². The summed E-state index contributed by atoms with van der Waals surface area (Å²) in [6, 6.07) is 7.04. The van der Waals surface area contributed by atoms with Crippen molar-refractivity contribution >= 4 is 34.0 Å². The minimum Gasteiger partial charge on any atom is -0.495 e. The second-order valence-corrected chi connectivity index (χ2v) is 7.52. The van der Waals surface area contributed by atoms with E-state index in [1.54, 1.807) is 24.5 Å². The topological polar surface area (TPSA) is 92.8 Å². The summed E-state index contributed by atoms with van der Waals surface area (Å²) in [7, 11) is 3.19. The number of ether oxygens (including phenoxy) is 2. The van der Waals surface area contributed by atoms with Gasteiger partial charge >= 0.3 is 0 Å². The molecule has 2 N–H and O–H groups in total. The van der Waals surface area contributed by atoms with Gasteiger partial charge in [-0.2, -0.15) is 0 Å². The number of hydrogen-bond donors (Lipinski definition) is 2. The number of anilines is 2. The Morgan fingerprint density at radius 3 is 2.90 bits per heavy atom. The third-order valence-electron chi connectivity index (χ3n) is 4.74. The van der Waals surface area contributed by atoms with Gasteiger partial charge in [-0.05, 0) is 31.4 Å². The normalized spacial score (nSPS) is 16.3. The zero-order valence-corrected chi connectivity index (χ0v) is 17.5. The fourth-order valence-electron chi connectivity index (χ4n) is 3.28. The molecule has 9 heteroatoms. The Kier molecular flexibility index (Phi) is 7.42. The Balaban J connectivity index is 1.69. The molecule has 3 rings (SSSR count). The Morgan fingerprint density at radius 1 is 1.28 bits per heavy atom. The highest BCUT2D eigenvalue weighted by Crippen LogP contribution is 2.29. The van der Waals surface area contributed by atoms with Gasteiger partial charge in [0.05, 0.1) is 19.4 Å². The van der Waals surface area contributed by atoms with Crippen LogP contribution in [0.15, 0.2) is 29.6 Å². The average Bonchev–Trinajstić information content (AvgIpc) is 3.22. The van der Waals surface area contributed by atoms with E-state index in [-0.39, 0.29) is 11.8 Å². The zero-order valence-electron chi connectivity index (χ0n) is 16.6. The highest BCUT2D eigenvalue weighted by atomic mass is 32.1. The van der Waals surface area contributed by atoms with Gasteiger partial charge in [0.2, 0.25) is 5.91 Å². The molecule has 1 aliphatic heterocycles. The van der Waals surface area contributed by atoms with E-state index in [0.29, 0.717) is 42.7 Å². The molecule has 1 unspecified atom stereocenters. The Labute approximate surface area is 174 Å². The number of piperidine rings is 1. The number of nitrogens with one attached hydrogen (secondary N) is 2. The molecule has 1 fully saturated rings. The highest BCUT2D eigenvalue weighted by Gasteiger charge is 2.33. The molecular weight excluding hydrogens is 392 g/mol. The Morgan fingerprint density at radius 2 is 2.10 bits per heavy atom. The lowest BCUT2D eigenvalue weighted by molar-refractivity contribution is -0.126. The number of methoxy groups -OCH3 is 2. The van der Waals surface area contributed by atoms with E-state index in [1.165, 1.54) is 11.3 Å². The van der Waals surface area contributed by atoms with Gasteiger partial charge in [0, 0.05) is 25.6 Å².